The van der Waals surface area contributed by atoms with Gasteiger partial charge in [-0.25, -0.2) is 22.0 Å². The first kappa shape index (κ1) is 17.4. The van der Waals surface area contributed by atoms with Crippen molar-refractivity contribution in [3.8, 4) is 5.69 Å². The SMILES string of the molecule is Cc1nnc(SCc2c(F)c(F)c(F)c(F)c2F)n1-c1ccccc1. The Kier molecular flexibility index (Phi) is 4.76. The summed E-state index contributed by atoms with van der Waals surface area (Å²) in [6.45, 7) is 1.68. The highest BCUT2D eigenvalue weighted by molar-refractivity contribution is 7.98. The van der Waals surface area contributed by atoms with E-state index in [9.17, 15) is 22.0 Å². The highest BCUT2D eigenvalue weighted by atomic mass is 32.2. The van der Waals surface area contributed by atoms with Crippen LogP contribution in [0.4, 0.5) is 22.0 Å². The lowest BCUT2D eigenvalue weighted by atomic mass is 10.2. The zero-order valence-corrected chi connectivity index (χ0v) is 13.6. The van der Waals surface area contributed by atoms with E-state index in [2.05, 4.69) is 10.2 Å². The van der Waals surface area contributed by atoms with Crippen molar-refractivity contribution in [2.24, 2.45) is 0 Å². The van der Waals surface area contributed by atoms with Gasteiger partial charge >= 0.3 is 0 Å². The number of hydrogen-bond donors (Lipinski definition) is 0. The van der Waals surface area contributed by atoms with Gasteiger partial charge in [-0.15, -0.1) is 10.2 Å². The van der Waals surface area contributed by atoms with Gasteiger partial charge in [0.1, 0.15) is 5.82 Å². The summed E-state index contributed by atoms with van der Waals surface area (Å²) in [4.78, 5) is 0. The van der Waals surface area contributed by atoms with Gasteiger partial charge in [-0.05, 0) is 19.1 Å². The maximum Gasteiger partial charge on any atom is 0.200 e. The normalized spacial score (nSPS) is 11.1. The Balaban J connectivity index is 1.95. The molecule has 0 aliphatic carbocycles. The van der Waals surface area contributed by atoms with Gasteiger partial charge in [0.15, 0.2) is 28.4 Å². The fourth-order valence-corrected chi connectivity index (χ4v) is 3.22. The molecule has 0 unspecified atom stereocenters. The summed E-state index contributed by atoms with van der Waals surface area (Å²) < 4.78 is 68.8. The Labute approximate surface area is 143 Å². The molecule has 0 saturated carbocycles. The first-order chi connectivity index (χ1) is 11.9. The molecule has 130 valence electrons. The minimum absolute atomic E-state index is 0.271. The van der Waals surface area contributed by atoms with E-state index in [1.807, 2.05) is 6.07 Å². The van der Waals surface area contributed by atoms with Crippen molar-refractivity contribution in [3.05, 3.63) is 70.8 Å². The number of aryl methyl sites for hydroxylation is 1. The van der Waals surface area contributed by atoms with Crippen LogP contribution in [0.2, 0.25) is 0 Å². The molecule has 0 amide bonds. The van der Waals surface area contributed by atoms with Gasteiger partial charge in [0.25, 0.3) is 0 Å². The van der Waals surface area contributed by atoms with Gasteiger partial charge < -0.3 is 0 Å². The topological polar surface area (TPSA) is 30.7 Å². The van der Waals surface area contributed by atoms with Crippen LogP contribution in [0, 0.1) is 36.0 Å². The van der Waals surface area contributed by atoms with E-state index in [0.29, 0.717) is 11.5 Å². The molecule has 0 fully saturated rings. The molecule has 3 aromatic rings. The Hall–Kier alpha value is -2.42. The maximum atomic E-state index is 13.8. The highest BCUT2D eigenvalue weighted by Crippen LogP contribution is 2.30. The molecule has 2 aromatic carbocycles. The summed E-state index contributed by atoms with van der Waals surface area (Å²) >= 11 is 0.821. The number of benzene rings is 2. The molecule has 0 atom stereocenters. The third kappa shape index (κ3) is 3.11. The lowest BCUT2D eigenvalue weighted by Crippen LogP contribution is -2.06. The number of para-hydroxylation sites is 1. The van der Waals surface area contributed by atoms with Crippen LogP contribution in [0.15, 0.2) is 35.5 Å². The predicted molar refractivity (Wildman–Crippen MR) is 81.9 cm³/mol. The van der Waals surface area contributed by atoms with Crippen molar-refractivity contribution < 1.29 is 22.0 Å². The fraction of sp³-hybridized carbons (Fsp3) is 0.125. The van der Waals surface area contributed by atoms with Crippen LogP contribution in [-0.2, 0) is 5.75 Å². The van der Waals surface area contributed by atoms with Crippen molar-refractivity contribution >= 4 is 11.8 Å². The number of thioether (sulfide) groups is 1. The standard InChI is InChI=1S/C16H10F5N3S/c1-8-22-23-16(24(8)9-5-3-2-4-6-9)25-7-10-11(17)13(19)15(21)14(20)12(10)18/h2-6H,7H2,1H3. The highest BCUT2D eigenvalue weighted by Gasteiger charge is 2.26. The van der Waals surface area contributed by atoms with E-state index in [1.54, 1.807) is 35.8 Å². The summed E-state index contributed by atoms with van der Waals surface area (Å²) in [5, 5.41) is 8.07. The van der Waals surface area contributed by atoms with Gasteiger partial charge in [-0.1, -0.05) is 30.0 Å². The first-order valence-corrected chi connectivity index (χ1v) is 8.01. The number of aromatic nitrogens is 3. The maximum absolute atomic E-state index is 13.8. The number of rotatable bonds is 4. The van der Waals surface area contributed by atoms with Gasteiger partial charge in [-0.2, -0.15) is 0 Å². The van der Waals surface area contributed by atoms with Crippen LogP contribution in [-0.4, -0.2) is 14.8 Å². The summed E-state index contributed by atoms with van der Waals surface area (Å²) in [6, 6.07) is 8.93. The van der Waals surface area contributed by atoms with E-state index in [1.165, 1.54) is 0 Å². The van der Waals surface area contributed by atoms with Crippen LogP contribution in [0.5, 0.6) is 0 Å². The Morgan fingerprint density at radius 1 is 0.840 bits per heavy atom. The molecule has 1 aromatic heterocycles. The molecule has 0 N–H and O–H groups in total. The van der Waals surface area contributed by atoms with Crippen molar-refractivity contribution in [2.75, 3.05) is 0 Å². The van der Waals surface area contributed by atoms with Crippen molar-refractivity contribution in [1.82, 2.24) is 14.8 Å². The van der Waals surface area contributed by atoms with Crippen LogP contribution in [0.25, 0.3) is 5.69 Å². The lowest BCUT2D eigenvalue weighted by Gasteiger charge is -2.10. The van der Waals surface area contributed by atoms with Crippen molar-refractivity contribution in [1.29, 1.82) is 0 Å². The molecule has 0 spiro atoms. The molecule has 3 rings (SSSR count). The van der Waals surface area contributed by atoms with E-state index < -0.39 is 40.4 Å². The minimum Gasteiger partial charge on any atom is -0.274 e. The van der Waals surface area contributed by atoms with Crippen molar-refractivity contribution in [3.63, 3.8) is 0 Å². The zero-order chi connectivity index (χ0) is 18.1. The molecule has 0 saturated heterocycles. The van der Waals surface area contributed by atoms with E-state index >= 15 is 0 Å². The predicted octanol–water partition coefficient (Wildman–Crippen LogP) is 4.56. The van der Waals surface area contributed by atoms with Crippen molar-refractivity contribution in [2.45, 2.75) is 17.8 Å². The largest absolute Gasteiger partial charge is 0.274 e. The molecule has 0 radical (unpaired) electrons. The molecule has 3 nitrogen and oxygen atoms in total. The summed E-state index contributed by atoms with van der Waals surface area (Å²) in [6.07, 6.45) is 0. The second kappa shape index (κ2) is 6.83. The zero-order valence-electron chi connectivity index (χ0n) is 12.7. The minimum atomic E-state index is -2.17. The number of hydrogen-bond acceptors (Lipinski definition) is 3. The molecule has 0 bridgehead atoms. The van der Waals surface area contributed by atoms with Crippen LogP contribution in [0.3, 0.4) is 0 Å². The summed E-state index contributed by atoms with van der Waals surface area (Å²) in [7, 11) is 0. The molecule has 0 aliphatic rings. The van der Waals surface area contributed by atoms with Gasteiger partial charge in [0.2, 0.25) is 5.82 Å². The quantitative estimate of drug-likeness (QED) is 0.291. The second-order valence-electron chi connectivity index (χ2n) is 5.04. The summed E-state index contributed by atoms with van der Waals surface area (Å²) in [5.74, 6) is -9.75. The molecule has 1 heterocycles. The fourth-order valence-electron chi connectivity index (χ4n) is 2.22. The Morgan fingerprint density at radius 3 is 2.00 bits per heavy atom. The van der Waals surface area contributed by atoms with E-state index in [-0.39, 0.29) is 5.16 Å². The van der Waals surface area contributed by atoms with Gasteiger partial charge in [0.05, 0.1) is 0 Å². The van der Waals surface area contributed by atoms with Gasteiger partial charge in [-0.3, -0.25) is 4.57 Å². The summed E-state index contributed by atoms with van der Waals surface area (Å²) in [5.41, 5.74) is -0.188. The molecule has 9 heteroatoms. The van der Waals surface area contributed by atoms with Crippen LogP contribution in [0.1, 0.15) is 11.4 Å². The average molecular weight is 371 g/mol. The number of halogens is 5. The Bertz CT molecular complexity index is 898. The molecule has 0 aliphatic heterocycles. The average Bonchev–Trinajstić information content (AvgIpc) is 2.99. The van der Waals surface area contributed by atoms with Crippen LogP contribution >= 0.6 is 11.8 Å². The molecular formula is C16H10F5N3S. The molecule has 25 heavy (non-hydrogen) atoms. The van der Waals surface area contributed by atoms with Crippen LogP contribution < -0.4 is 0 Å². The third-order valence-corrected chi connectivity index (χ3v) is 4.41. The number of nitrogens with zero attached hydrogens (tertiary/aromatic N) is 3. The smallest absolute Gasteiger partial charge is 0.200 e. The van der Waals surface area contributed by atoms with E-state index in [0.717, 1.165) is 11.8 Å². The second-order valence-corrected chi connectivity index (χ2v) is 5.98. The molecular weight excluding hydrogens is 361 g/mol. The first-order valence-electron chi connectivity index (χ1n) is 7.02. The monoisotopic (exact) mass is 371 g/mol. The van der Waals surface area contributed by atoms with Gasteiger partial charge in [0, 0.05) is 17.0 Å². The Morgan fingerprint density at radius 2 is 1.40 bits per heavy atom. The van der Waals surface area contributed by atoms with E-state index in [4.69, 9.17) is 0 Å². The third-order valence-electron chi connectivity index (χ3n) is 3.46. The lowest BCUT2D eigenvalue weighted by molar-refractivity contribution is 0.372.